The molecule has 38 heavy (non-hydrogen) atoms. The average molecular weight is 514 g/mol. The number of hydrogen-bond acceptors (Lipinski definition) is 8. The minimum absolute atomic E-state index is 0.0655. The zero-order valence-corrected chi connectivity index (χ0v) is 20.8. The van der Waals surface area contributed by atoms with Crippen molar-refractivity contribution in [3.8, 4) is 23.3 Å². The van der Waals surface area contributed by atoms with Crippen LogP contribution in [-0.2, 0) is 9.53 Å². The number of benzene rings is 3. The molecular formula is C30H27NO7. The van der Waals surface area contributed by atoms with E-state index in [1.807, 2.05) is 6.07 Å². The maximum atomic E-state index is 12.7. The Morgan fingerprint density at radius 3 is 2.11 bits per heavy atom. The standard InChI is InChI=1S/C30H27NO7/c1-2-28(32)36-20-8-4-3-7-19-35-24-17-13-23(14-18-24)29(33)38-27-10-6-5-9-26(27)30(34)37-25-15-11-22(21-31)12-16-25/h2,5-6,9-18H,1,3-4,7-8,19-20H2. The molecule has 3 aromatic carbocycles. The zero-order chi connectivity index (χ0) is 27.2. The van der Waals surface area contributed by atoms with Crippen LogP contribution in [0.15, 0.2) is 85.5 Å². The number of esters is 3. The van der Waals surface area contributed by atoms with Crippen molar-refractivity contribution >= 4 is 17.9 Å². The molecular weight excluding hydrogens is 486 g/mol. The van der Waals surface area contributed by atoms with Crippen molar-refractivity contribution in [2.24, 2.45) is 0 Å². The van der Waals surface area contributed by atoms with Gasteiger partial charge in [0.15, 0.2) is 0 Å². The van der Waals surface area contributed by atoms with E-state index in [4.69, 9.17) is 24.2 Å². The van der Waals surface area contributed by atoms with Crippen LogP contribution in [0.5, 0.6) is 17.2 Å². The largest absolute Gasteiger partial charge is 0.494 e. The second-order valence-corrected chi connectivity index (χ2v) is 8.07. The minimum Gasteiger partial charge on any atom is -0.494 e. The summed E-state index contributed by atoms with van der Waals surface area (Å²) in [5.41, 5.74) is 0.821. The molecule has 0 aliphatic carbocycles. The van der Waals surface area contributed by atoms with E-state index >= 15 is 0 Å². The number of unbranched alkanes of at least 4 members (excludes halogenated alkanes) is 3. The number of nitriles is 1. The summed E-state index contributed by atoms with van der Waals surface area (Å²) in [4.78, 5) is 36.3. The van der Waals surface area contributed by atoms with Gasteiger partial charge in [-0.05, 0) is 86.3 Å². The van der Waals surface area contributed by atoms with E-state index in [-0.39, 0.29) is 17.1 Å². The predicted molar refractivity (Wildman–Crippen MR) is 139 cm³/mol. The number of carbonyl (C=O) groups is 3. The van der Waals surface area contributed by atoms with Crippen molar-refractivity contribution in [2.45, 2.75) is 25.7 Å². The summed E-state index contributed by atoms with van der Waals surface area (Å²) in [5, 5.41) is 8.89. The fraction of sp³-hybridized carbons (Fsp3) is 0.200. The minimum atomic E-state index is -0.695. The molecule has 3 rings (SSSR count). The van der Waals surface area contributed by atoms with Crippen molar-refractivity contribution < 1.29 is 33.3 Å². The number of nitrogens with zero attached hydrogens (tertiary/aromatic N) is 1. The monoisotopic (exact) mass is 513 g/mol. The smallest absolute Gasteiger partial charge is 0.347 e. The number of ether oxygens (including phenoxy) is 4. The molecule has 0 heterocycles. The lowest BCUT2D eigenvalue weighted by molar-refractivity contribution is -0.137. The Labute approximate surface area is 221 Å². The van der Waals surface area contributed by atoms with Gasteiger partial charge in [-0.3, -0.25) is 0 Å². The van der Waals surface area contributed by atoms with Crippen LogP contribution in [0.3, 0.4) is 0 Å². The highest BCUT2D eigenvalue weighted by atomic mass is 16.6. The van der Waals surface area contributed by atoms with E-state index in [0.29, 0.717) is 30.1 Å². The summed E-state index contributed by atoms with van der Waals surface area (Å²) < 4.78 is 21.5. The number of rotatable bonds is 13. The molecule has 194 valence electrons. The highest BCUT2D eigenvalue weighted by molar-refractivity contribution is 5.97. The van der Waals surface area contributed by atoms with Crippen molar-refractivity contribution in [3.63, 3.8) is 0 Å². The van der Waals surface area contributed by atoms with Crippen LogP contribution < -0.4 is 14.2 Å². The molecule has 0 aromatic heterocycles. The topological polar surface area (TPSA) is 112 Å². The van der Waals surface area contributed by atoms with Crippen molar-refractivity contribution in [1.82, 2.24) is 0 Å². The summed E-state index contributed by atoms with van der Waals surface area (Å²) >= 11 is 0. The fourth-order valence-electron chi connectivity index (χ4n) is 3.31. The van der Waals surface area contributed by atoms with E-state index in [1.165, 1.54) is 36.4 Å². The van der Waals surface area contributed by atoms with Crippen molar-refractivity contribution in [1.29, 1.82) is 5.26 Å². The van der Waals surface area contributed by atoms with E-state index in [1.54, 1.807) is 36.4 Å². The first-order valence-corrected chi connectivity index (χ1v) is 12.1. The van der Waals surface area contributed by atoms with Crippen LogP contribution in [0.1, 0.15) is 52.0 Å². The molecule has 0 fully saturated rings. The molecule has 0 unspecified atom stereocenters. The second-order valence-electron chi connectivity index (χ2n) is 8.07. The summed E-state index contributed by atoms with van der Waals surface area (Å²) in [6, 6.07) is 20.9. The lowest BCUT2D eigenvalue weighted by Crippen LogP contribution is -2.14. The third-order valence-electron chi connectivity index (χ3n) is 5.31. The molecule has 8 nitrogen and oxygen atoms in total. The van der Waals surface area contributed by atoms with Crippen LogP contribution >= 0.6 is 0 Å². The molecule has 0 bridgehead atoms. The fourth-order valence-corrected chi connectivity index (χ4v) is 3.31. The van der Waals surface area contributed by atoms with Crippen LogP contribution in [0, 0.1) is 11.3 Å². The Balaban J connectivity index is 1.47. The first-order chi connectivity index (χ1) is 18.5. The maximum Gasteiger partial charge on any atom is 0.347 e. The normalized spacial score (nSPS) is 10.1. The van der Waals surface area contributed by atoms with Crippen molar-refractivity contribution in [2.75, 3.05) is 13.2 Å². The third-order valence-corrected chi connectivity index (χ3v) is 5.31. The van der Waals surface area contributed by atoms with Gasteiger partial charge in [-0.1, -0.05) is 18.7 Å². The van der Waals surface area contributed by atoms with Gasteiger partial charge >= 0.3 is 17.9 Å². The summed E-state index contributed by atoms with van der Waals surface area (Å²) in [7, 11) is 0. The zero-order valence-electron chi connectivity index (χ0n) is 20.8. The molecule has 0 spiro atoms. The van der Waals surface area contributed by atoms with Gasteiger partial charge in [-0.2, -0.15) is 5.26 Å². The maximum absolute atomic E-state index is 12.7. The predicted octanol–water partition coefficient (Wildman–Crippen LogP) is 5.67. The molecule has 3 aromatic rings. The summed E-state index contributed by atoms with van der Waals surface area (Å²) in [6.45, 7) is 4.25. The molecule has 0 radical (unpaired) electrons. The molecule has 0 saturated heterocycles. The van der Waals surface area contributed by atoms with Crippen LogP contribution in [0.25, 0.3) is 0 Å². The first kappa shape index (κ1) is 27.7. The Morgan fingerprint density at radius 2 is 1.42 bits per heavy atom. The van der Waals surface area contributed by atoms with Gasteiger partial charge in [0.05, 0.1) is 30.4 Å². The van der Waals surface area contributed by atoms with Crippen LogP contribution in [0.2, 0.25) is 0 Å². The molecule has 0 N–H and O–H groups in total. The Bertz CT molecular complexity index is 1290. The Hall–Kier alpha value is -4.90. The van der Waals surface area contributed by atoms with Gasteiger partial charge in [-0.25, -0.2) is 14.4 Å². The van der Waals surface area contributed by atoms with E-state index < -0.39 is 17.9 Å². The highest BCUT2D eigenvalue weighted by Gasteiger charge is 2.18. The number of hydrogen-bond donors (Lipinski definition) is 0. The summed E-state index contributed by atoms with van der Waals surface area (Å²) in [6.07, 6.45) is 4.62. The Morgan fingerprint density at radius 1 is 0.763 bits per heavy atom. The molecule has 8 heteroatoms. The SMILES string of the molecule is C=CC(=O)OCCCCCCOc1ccc(C(=O)Oc2ccccc2C(=O)Oc2ccc(C#N)cc2)cc1. The van der Waals surface area contributed by atoms with Crippen molar-refractivity contribution in [3.05, 3.63) is 102 Å². The van der Waals surface area contributed by atoms with Gasteiger partial charge < -0.3 is 18.9 Å². The molecule has 0 atom stereocenters. The van der Waals surface area contributed by atoms with Gasteiger partial charge in [0.2, 0.25) is 0 Å². The third kappa shape index (κ3) is 8.64. The molecule has 0 amide bonds. The van der Waals surface area contributed by atoms with E-state index in [0.717, 1.165) is 31.8 Å². The number of carbonyl (C=O) groups excluding carboxylic acids is 3. The van der Waals surface area contributed by atoms with Gasteiger partial charge in [-0.15, -0.1) is 0 Å². The average Bonchev–Trinajstić information content (AvgIpc) is 2.95. The van der Waals surface area contributed by atoms with Gasteiger partial charge in [0.25, 0.3) is 0 Å². The number of para-hydroxylation sites is 1. The van der Waals surface area contributed by atoms with Crippen LogP contribution in [-0.4, -0.2) is 31.1 Å². The Kier molecular flexibility index (Phi) is 10.6. The molecule has 0 saturated carbocycles. The lowest BCUT2D eigenvalue weighted by Gasteiger charge is -2.11. The lowest BCUT2D eigenvalue weighted by atomic mass is 10.2. The van der Waals surface area contributed by atoms with E-state index in [9.17, 15) is 14.4 Å². The van der Waals surface area contributed by atoms with Gasteiger partial charge in [0.1, 0.15) is 22.8 Å². The van der Waals surface area contributed by atoms with Gasteiger partial charge in [0, 0.05) is 6.08 Å². The molecule has 0 aliphatic heterocycles. The van der Waals surface area contributed by atoms with E-state index in [2.05, 4.69) is 6.58 Å². The second kappa shape index (κ2) is 14.6. The van der Waals surface area contributed by atoms with Crippen LogP contribution in [0.4, 0.5) is 0 Å². The summed E-state index contributed by atoms with van der Waals surface area (Å²) in [5.74, 6) is -0.789. The quantitative estimate of drug-likeness (QED) is 0.124. The highest BCUT2D eigenvalue weighted by Crippen LogP contribution is 2.23. The molecule has 0 aliphatic rings. The first-order valence-electron chi connectivity index (χ1n) is 12.1.